The van der Waals surface area contributed by atoms with Gasteiger partial charge in [-0.25, -0.2) is 0 Å². The van der Waals surface area contributed by atoms with Gasteiger partial charge in [0.15, 0.2) is 0 Å². The van der Waals surface area contributed by atoms with E-state index in [2.05, 4.69) is 129 Å². The van der Waals surface area contributed by atoms with Crippen molar-refractivity contribution in [1.29, 1.82) is 0 Å². The minimum Gasteiger partial charge on any atom is -0.354 e. The Balaban J connectivity index is 1.66. The van der Waals surface area contributed by atoms with E-state index in [9.17, 15) is 0 Å². The lowest BCUT2D eigenvalue weighted by Crippen LogP contribution is -2.08. The number of fused-ring (bicyclic) bond motifs is 3. The molecule has 3 aromatic carbocycles. The number of H-pyrrole nitrogens is 2. The van der Waals surface area contributed by atoms with Gasteiger partial charge in [-0.15, -0.1) is 0 Å². The lowest BCUT2D eigenvalue weighted by molar-refractivity contribution is 1.17. The van der Waals surface area contributed by atoms with Crippen molar-refractivity contribution in [2.24, 2.45) is 0 Å². The Morgan fingerprint density at radius 2 is 1.62 bits per heavy atom. The zero-order valence-corrected chi connectivity index (χ0v) is 22.5. The number of aromatic nitrogens is 2. The molecule has 0 bridgehead atoms. The minimum absolute atomic E-state index is 0.918. The highest BCUT2D eigenvalue weighted by atomic mass is 79.9. The summed E-state index contributed by atoms with van der Waals surface area (Å²) in [6.07, 6.45) is 5.46. The van der Waals surface area contributed by atoms with E-state index in [1.807, 2.05) is 0 Å². The smallest absolute Gasteiger partial charge is 0.0553 e. The first-order chi connectivity index (χ1) is 16.4. The van der Waals surface area contributed by atoms with Crippen molar-refractivity contribution in [2.45, 2.75) is 27.2 Å². The first-order valence-corrected chi connectivity index (χ1v) is 13.1. The summed E-state index contributed by atoms with van der Waals surface area (Å²) >= 11 is 7.59. The van der Waals surface area contributed by atoms with Crippen LogP contribution >= 0.6 is 31.9 Å². The maximum atomic E-state index is 3.90. The van der Waals surface area contributed by atoms with Crippen LogP contribution in [0.5, 0.6) is 0 Å². The van der Waals surface area contributed by atoms with Crippen molar-refractivity contribution in [3.05, 3.63) is 113 Å². The van der Waals surface area contributed by atoms with Crippen LogP contribution in [0, 0.1) is 31.3 Å². The Morgan fingerprint density at radius 3 is 2.41 bits per heavy atom. The summed E-state index contributed by atoms with van der Waals surface area (Å²) in [7, 11) is 0. The van der Waals surface area contributed by atoms with Gasteiger partial charge in [-0.1, -0.05) is 70.0 Å². The van der Waals surface area contributed by atoms with Crippen molar-refractivity contribution < 1.29 is 0 Å². The third kappa shape index (κ3) is 3.43. The van der Waals surface area contributed by atoms with E-state index >= 15 is 0 Å². The van der Waals surface area contributed by atoms with E-state index < -0.39 is 0 Å². The van der Waals surface area contributed by atoms with E-state index in [0.717, 1.165) is 26.4 Å². The zero-order chi connectivity index (χ0) is 23.6. The fourth-order valence-corrected chi connectivity index (χ4v) is 6.36. The van der Waals surface area contributed by atoms with E-state index in [-0.39, 0.29) is 0 Å². The number of benzene rings is 3. The Kier molecular flexibility index (Phi) is 5.20. The van der Waals surface area contributed by atoms with Crippen molar-refractivity contribution in [3.63, 3.8) is 0 Å². The summed E-state index contributed by atoms with van der Waals surface area (Å²) in [6.45, 7) is 6.56. The molecule has 2 nitrogen and oxygen atoms in total. The van der Waals surface area contributed by atoms with Crippen LogP contribution in [-0.4, -0.2) is 9.97 Å². The molecule has 0 spiro atoms. The molecule has 1 aliphatic rings. The lowest BCUT2D eigenvalue weighted by atomic mass is 9.95. The average molecular weight is 572 g/mol. The van der Waals surface area contributed by atoms with Gasteiger partial charge in [0.1, 0.15) is 0 Å². The average Bonchev–Trinajstić information content (AvgIpc) is 3.31. The molecular formula is C30H24Br2N2. The van der Waals surface area contributed by atoms with Crippen molar-refractivity contribution in [2.75, 3.05) is 0 Å². The largest absolute Gasteiger partial charge is 0.354 e. The molecule has 0 radical (unpaired) electrons. The molecule has 0 aliphatic heterocycles. The second kappa shape index (κ2) is 8.14. The number of rotatable bonds is 2. The van der Waals surface area contributed by atoms with Gasteiger partial charge in [-0.05, 0) is 83.2 Å². The van der Waals surface area contributed by atoms with Crippen molar-refractivity contribution in [3.8, 4) is 11.3 Å². The number of hydrogen-bond acceptors (Lipinski definition) is 0. The molecule has 0 saturated carbocycles. The van der Waals surface area contributed by atoms with Crippen LogP contribution in [0.15, 0.2) is 63.5 Å². The molecule has 1 aliphatic carbocycles. The second-order valence-electron chi connectivity index (χ2n) is 9.22. The molecule has 0 amide bonds. The second-order valence-corrected chi connectivity index (χ2v) is 10.9. The highest BCUT2D eigenvalue weighted by Crippen LogP contribution is 2.36. The molecule has 0 fully saturated rings. The van der Waals surface area contributed by atoms with Gasteiger partial charge in [0.05, 0.1) is 16.4 Å². The third-order valence-corrected chi connectivity index (χ3v) is 8.23. The molecule has 2 N–H and O–H groups in total. The number of hydrogen-bond donors (Lipinski definition) is 2. The SMILES string of the molecule is Cc1cc(C)c(-c2[nH]c(C=c3[nH]c4c(c3Br)CC=c3ccccc3=4)c3cc(Br)ccc23)c(C)c1. The summed E-state index contributed by atoms with van der Waals surface area (Å²) in [5.74, 6) is 0. The van der Waals surface area contributed by atoms with Gasteiger partial charge < -0.3 is 9.97 Å². The van der Waals surface area contributed by atoms with Crippen LogP contribution in [0.2, 0.25) is 0 Å². The minimum atomic E-state index is 0.918. The van der Waals surface area contributed by atoms with Crippen LogP contribution in [0.1, 0.15) is 27.9 Å². The standard InChI is InChI=1S/C30H24Br2N2/c1-16-12-17(2)27(18(3)13-16)30-22-11-9-20(31)14-24(22)25(33-30)15-26-28(32)23-10-8-19-6-4-5-7-21(19)29(23)34-26/h4-9,11-15,33-34H,10H2,1-3H3. The molecule has 2 heterocycles. The molecule has 34 heavy (non-hydrogen) atoms. The summed E-state index contributed by atoms with van der Waals surface area (Å²) in [5, 5.41) is 7.28. The summed E-state index contributed by atoms with van der Waals surface area (Å²) in [5.41, 5.74) is 8.75. The normalized spacial score (nSPS) is 13.1. The fourth-order valence-electron chi connectivity index (χ4n) is 5.43. The maximum absolute atomic E-state index is 3.90. The number of halogens is 2. The Bertz CT molecular complexity index is 1810. The van der Waals surface area contributed by atoms with Gasteiger partial charge in [0.2, 0.25) is 0 Å². The van der Waals surface area contributed by atoms with E-state index in [1.54, 1.807) is 0 Å². The summed E-state index contributed by atoms with van der Waals surface area (Å²) < 4.78 is 2.21. The summed E-state index contributed by atoms with van der Waals surface area (Å²) in [4.78, 5) is 7.50. The maximum Gasteiger partial charge on any atom is 0.0553 e. The van der Waals surface area contributed by atoms with Crippen LogP contribution in [-0.2, 0) is 6.42 Å². The van der Waals surface area contributed by atoms with Crippen molar-refractivity contribution >= 4 is 54.8 Å². The topological polar surface area (TPSA) is 31.6 Å². The van der Waals surface area contributed by atoms with Crippen LogP contribution in [0.4, 0.5) is 0 Å². The molecule has 5 aromatic rings. The predicted octanol–water partition coefficient (Wildman–Crippen LogP) is 7.07. The van der Waals surface area contributed by atoms with E-state index in [0.29, 0.717) is 0 Å². The number of aromatic amines is 2. The first-order valence-electron chi connectivity index (χ1n) is 11.5. The fraction of sp³-hybridized carbons (Fsp3) is 0.133. The number of nitrogens with one attached hydrogen (secondary N) is 2. The van der Waals surface area contributed by atoms with Gasteiger partial charge in [0.25, 0.3) is 0 Å². The third-order valence-electron chi connectivity index (χ3n) is 6.84. The van der Waals surface area contributed by atoms with E-state index in [4.69, 9.17) is 0 Å². The molecular weight excluding hydrogens is 548 g/mol. The Morgan fingerprint density at radius 1 is 0.853 bits per heavy atom. The monoisotopic (exact) mass is 570 g/mol. The molecule has 0 saturated heterocycles. The molecule has 168 valence electrons. The lowest BCUT2D eigenvalue weighted by Gasteiger charge is -2.10. The van der Waals surface area contributed by atoms with Crippen LogP contribution < -0.4 is 10.6 Å². The summed E-state index contributed by atoms with van der Waals surface area (Å²) in [6, 6.07) is 19.7. The van der Waals surface area contributed by atoms with Crippen LogP contribution in [0.3, 0.4) is 0 Å². The first kappa shape index (κ1) is 21.7. The van der Waals surface area contributed by atoms with Crippen molar-refractivity contribution in [1.82, 2.24) is 9.97 Å². The molecule has 4 heteroatoms. The van der Waals surface area contributed by atoms with Crippen LogP contribution in [0.25, 0.3) is 34.2 Å². The number of aryl methyl sites for hydroxylation is 3. The van der Waals surface area contributed by atoms with Gasteiger partial charge >= 0.3 is 0 Å². The Labute approximate surface area is 215 Å². The molecule has 6 rings (SSSR count). The van der Waals surface area contributed by atoms with Gasteiger partial charge in [0, 0.05) is 36.2 Å². The molecule has 0 unspecified atom stereocenters. The van der Waals surface area contributed by atoms with E-state index in [1.165, 1.54) is 60.1 Å². The van der Waals surface area contributed by atoms with Gasteiger partial charge in [-0.2, -0.15) is 0 Å². The predicted molar refractivity (Wildman–Crippen MR) is 149 cm³/mol. The highest BCUT2D eigenvalue weighted by molar-refractivity contribution is 9.10. The Hall–Kier alpha value is -2.82. The molecule has 0 atom stereocenters. The van der Waals surface area contributed by atoms with Gasteiger partial charge in [-0.3, -0.25) is 0 Å². The molecule has 2 aromatic heterocycles. The zero-order valence-electron chi connectivity index (χ0n) is 19.3. The quantitative estimate of drug-likeness (QED) is 0.227. The highest BCUT2D eigenvalue weighted by Gasteiger charge is 2.16.